The van der Waals surface area contributed by atoms with Crippen molar-refractivity contribution in [2.24, 2.45) is 0 Å². The second-order valence-corrected chi connectivity index (χ2v) is 6.28. The highest BCUT2D eigenvalue weighted by Gasteiger charge is 2.14. The predicted molar refractivity (Wildman–Crippen MR) is 112 cm³/mol. The SMILES string of the molecule is COc1ccc(/C(=C/c2ccc(OCc3ccccc3)cc2)C(=O)O)cc1OC. The Morgan fingerprint density at radius 1 is 0.897 bits per heavy atom. The molecule has 0 saturated carbocycles. The van der Waals surface area contributed by atoms with Gasteiger partial charge in [0.05, 0.1) is 19.8 Å². The Bertz CT molecular complexity index is 992. The third kappa shape index (κ3) is 5.17. The van der Waals surface area contributed by atoms with Gasteiger partial charge in [0.1, 0.15) is 12.4 Å². The number of methoxy groups -OCH3 is 2. The Balaban J connectivity index is 1.79. The van der Waals surface area contributed by atoms with Crippen LogP contribution in [0, 0.1) is 0 Å². The molecule has 5 heteroatoms. The van der Waals surface area contributed by atoms with E-state index in [1.54, 1.807) is 24.3 Å². The van der Waals surface area contributed by atoms with E-state index in [9.17, 15) is 9.90 Å². The van der Waals surface area contributed by atoms with Crippen molar-refractivity contribution in [3.05, 3.63) is 89.5 Å². The molecule has 0 atom stereocenters. The highest BCUT2D eigenvalue weighted by atomic mass is 16.5. The van der Waals surface area contributed by atoms with Crippen LogP contribution >= 0.6 is 0 Å². The van der Waals surface area contributed by atoms with Gasteiger partial charge in [-0.15, -0.1) is 0 Å². The number of hydrogen-bond acceptors (Lipinski definition) is 4. The first-order chi connectivity index (χ1) is 14.1. The van der Waals surface area contributed by atoms with Crippen molar-refractivity contribution in [2.45, 2.75) is 6.61 Å². The van der Waals surface area contributed by atoms with Crippen molar-refractivity contribution in [3.8, 4) is 17.2 Å². The molecular formula is C24H22O5. The van der Waals surface area contributed by atoms with E-state index >= 15 is 0 Å². The summed E-state index contributed by atoms with van der Waals surface area (Å²) in [5, 5.41) is 9.68. The average Bonchev–Trinajstić information content (AvgIpc) is 2.77. The Hall–Kier alpha value is -3.73. The molecule has 0 aliphatic rings. The number of rotatable bonds is 8. The molecule has 0 unspecified atom stereocenters. The number of hydrogen-bond donors (Lipinski definition) is 1. The molecular weight excluding hydrogens is 368 g/mol. The van der Waals surface area contributed by atoms with Crippen molar-refractivity contribution >= 4 is 17.6 Å². The molecule has 0 radical (unpaired) electrons. The maximum Gasteiger partial charge on any atom is 0.336 e. The summed E-state index contributed by atoms with van der Waals surface area (Å²) in [4.78, 5) is 11.8. The van der Waals surface area contributed by atoms with Crippen LogP contribution in [0.5, 0.6) is 17.2 Å². The molecule has 3 aromatic rings. The number of benzene rings is 3. The van der Waals surface area contributed by atoms with Crippen LogP contribution in [0.2, 0.25) is 0 Å². The summed E-state index contributed by atoms with van der Waals surface area (Å²) in [5.41, 5.74) is 2.52. The molecule has 0 aliphatic carbocycles. The molecule has 0 aliphatic heterocycles. The number of carboxylic acid groups (broad SMARTS) is 1. The summed E-state index contributed by atoms with van der Waals surface area (Å²) in [6, 6.07) is 22.2. The van der Waals surface area contributed by atoms with Crippen molar-refractivity contribution in [3.63, 3.8) is 0 Å². The van der Waals surface area contributed by atoms with Gasteiger partial charge in [0.2, 0.25) is 0 Å². The van der Waals surface area contributed by atoms with Gasteiger partial charge in [-0.05, 0) is 47.0 Å². The van der Waals surface area contributed by atoms with Gasteiger partial charge in [-0.2, -0.15) is 0 Å². The Labute approximate surface area is 169 Å². The van der Waals surface area contributed by atoms with Crippen molar-refractivity contribution in [2.75, 3.05) is 14.2 Å². The van der Waals surface area contributed by atoms with E-state index in [2.05, 4.69) is 0 Å². The first-order valence-corrected chi connectivity index (χ1v) is 9.05. The second-order valence-electron chi connectivity index (χ2n) is 6.28. The van der Waals surface area contributed by atoms with Gasteiger partial charge in [-0.3, -0.25) is 0 Å². The van der Waals surface area contributed by atoms with Crippen LogP contribution in [0.1, 0.15) is 16.7 Å². The summed E-state index contributed by atoms with van der Waals surface area (Å²) in [5.74, 6) is 0.707. The highest BCUT2D eigenvalue weighted by molar-refractivity contribution is 6.20. The maximum atomic E-state index is 11.8. The van der Waals surface area contributed by atoms with E-state index in [1.165, 1.54) is 14.2 Å². The van der Waals surface area contributed by atoms with Crippen LogP contribution in [0.25, 0.3) is 11.6 Å². The lowest BCUT2D eigenvalue weighted by molar-refractivity contribution is -0.130. The van der Waals surface area contributed by atoms with Crippen LogP contribution in [-0.4, -0.2) is 25.3 Å². The number of carboxylic acids is 1. The number of carbonyl (C=O) groups is 1. The van der Waals surface area contributed by atoms with E-state index in [0.29, 0.717) is 29.4 Å². The normalized spacial score (nSPS) is 11.0. The van der Waals surface area contributed by atoms with Crippen molar-refractivity contribution in [1.29, 1.82) is 0 Å². The van der Waals surface area contributed by atoms with Crippen LogP contribution in [0.15, 0.2) is 72.8 Å². The monoisotopic (exact) mass is 390 g/mol. The molecule has 148 valence electrons. The lowest BCUT2D eigenvalue weighted by Crippen LogP contribution is -2.01. The average molecular weight is 390 g/mol. The largest absolute Gasteiger partial charge is 0.493 e. The molecule has 0 bridgehead atoms. The fraction of sp³-hybridized carbons (Fsp3) is 0.125. The molecule has 5 nitrogen and oxygen atoms in total. The third-order valence-electron chi connectivity index (χ3n) is 4.36. The van der Waals surface area contributed by atoms with Crippen molar-refractivity contribution in [1.82, 2.24) is 0 Å². The molecule has 0 aromatic heterocycles. The molecule has 3 rings (SSSR count). The van der Waals surface area contributed by atoms with Gasteiger partial charge in [0.25, 0.3) is 0 Å². The third-order valence-corrected chi connectivity index (χ3v) is 4.36. The van der Waals surface area contributed by atoms with Crippen molar-refractivity contribution < 1.29 is 24.1 Å². The Morgan fingerprint density at radius 3 is 2.21 bits per heavy atom. The lowest BCUT2D eigenvalue weighted by Gasteiger charge is -2.10. The predicted octanol–water partition coefficient (Wildman–Crippen LogP) is 4.91. The van der Waals surface area contributed by atoms with Crippen LogP contribution < -0.4 is 14.2 Å². The minimum atomic E-state index is -1.03. The summed E-state index contributed by atoms with van der Waals surface area (Å²) >= 11 is 0. The molecule has 0 spiro atoms. The maximum absolute atomic E-state index is 11.8. The molecule has 0 heterocycles. The number of aliphatic carboxylic acids is 1. The van der Waals surface area contributed by atoms with Gasteiger partial charge in [0, 0.05) is 0 Å². The molecule has 3 aromatic carbocycles. The minimum Gasteiger partial charge on any atom is -0.493 e. The highest BCUT2D eigenvalue weighted by Crippen LogP contribution is 2.31. The van der Waals surface area contributed by atoms with Gasteiger partial charge in [-0.25, -0.2) is 4.79 Å². The summed E-state index contributed by atoms with van der Waals surface area (Å²) < 4.78 is 16.3. The van der Waals surface area contributed by atoms with Crippen LogP contribution in [-0.2, 0) is 11.4 Å². The topological polar surface area (TPSA) is 65.0 Å². The standard InChI is InChI=1S/C24H22O5/c1-27-22-13-10-19(15-23(22)28-2)21(24(25)26)14-17-8-11-20(12-9-17)29-16-18-6-4-3-5-7-18/h3-15H,16H2,1-2H3,(H,25,26)/b21-14-. The zero-order valence-corrected chi connectivity index (χ0v) is 16.3. The van der Waals surface area contributed by atoms with E-state index in [0.717, 1.165) is 11.1 Å². The van der Waals surface area contributed by atoms with Gasteiger partial charge in [0.15, 0.2) is 11.5 Å². The van der Waals surface area contributed by atoms with Crippen LogP contribution in [0.4, 0.5) is 0 Å². The second kappa shape index (κ2) is 9.46. The zero-order chi connectivity index (χ0) is 20.6. The van der Waals surface area contributed by atoms with E-state index in [1.807, 2.05) is 54.6 Å². The molecule has 0 saturated heterocycles. The lowest BCUT2D eigenvalue weighted by atomic mass is 10.0. The first kappa shape index (κ1) is 20.0. The van der Waals surface area contributed by atoms with E-state index in [4.69, 9.17) is 14.2 Å². The smallest absolute Gasteiger partial charge is 0.336 e. The zero-order valence-electron chi connectivity index (χ0n) is 16.3. The Morgan fingerprint density at radius 2 is 1.59 bits per heavy atom. The van der Waals surface area contributed by atoms with Gasteiger partial charge >= 0.3 is 5.97 Å². The van der Waals surface area contributed by atoms with E-state index < -0.39 is 5.97 Å². The fourth-order valence-corrected chi connectivity index (χ4v) is 2.84. The van der Waals surface area contributed by atoms with E-state index in [-0.39, 0.29) is 5.57 Å². The van der Waals surface area contributed by atoms with Gasteiger partial charge in [-0.1, -0.05) is 48.5 Å². The summed E-state index contributed by atoms with van der Waals surface area (Å²) in [6.45, 7) is 0.474. The molecule has 29 heavy (non-hydrogen) atoms. The first-order valence-electron chi connectivity index (χ1n) is 9.05. The van der Waals surface area contributed by atoms with Crippen LogP contribution in [0.3, 0.4) is 0 Å². The molecule has 1 N–H and O–H groups in total. The quantitative estimate of drug-likeness (QED) is 0.437. The summed E-state index contributed by atoms with van der Waals surface area (Å²) in [6.07, 6.45) is 1.62. The van der Waals surface area contributed by atoms with Gasteiger partial charge < -0.3 is 19.3 Å². The minimum absolute atomic E-state index is 0.156. The fourth-order valence-electron chi connectivity index (χ4n) is 2.84. The molecule has 0 fully saturated rings. The number of ether oxygens (including phenoxy) is 3. The summed E-state index contributed by atoms with van der Waals surface area (Å²) in [7, 11) is 3.05. The Kier molecular flexibility index (Phi) is 6.53. The molecule has 0 amide bonds.